The number of anilines is 3. The molecule has 0 saturated carbocycles. The van der Waals surface area contributed by atoms with Gasteiger partial charge in [0.05, 0.1) is 5.69 Å². The molecule has 1 aliphatic rings. The molecule has 8 heteroatoms. The summed E-state index contributed by atoms with van der Waals surface area (Å²) < 4.78 is 0. The molecule has 0 spiro atoms. The van der Waals surface area contributed by atoms with Crippen molar-refractivity contribution in [2.75, 3.05) is 15.5 Å². The highest BCUT2D eigenvalue weighted by molar-refractivity contribution is 6.53. The van der Waals surface area contributed by atoms with Gasteiger partial charge in [-0.25, -0.2) is 4.90 Å². The first-order valence-electron chi connectivity index (χ1n) is 10.0. The third-order valence-corrected chi connectivity index (χ3v) is 5.99. The summed E-state index contributed by atoms with van der Waals surface area (Å²) in [5.74, 6) is -1.49. The minimum absolute atomic E-state index is 0.0436. The average molecular weight is 480 g/mol. The quantitative estimate of drug-likeness (QED) is 0.463. The number of benzene rings is 3. The van der Waals surface area contributed by atoms with Gasteiger partial charge in [0.15, 0.2) is 0 Å². The molecular weight excluding hydrogens is 461 g/mol. The topological polar surface area (TPSA) is 78.5 Å². The maximum atomic E-state index is 13.0. The number of aryl methyl sites for hydroxylation is 1. The first-order valence-corrected chi connectivity index (χ1v) is 10.8. The molecule has 0 fully saturated rings. The molecular formula is C25H19Cl2N3O3. The van der Waals surface area contributed by atoms with Gasteiger partial charge in [0.25, 0.3) is 17.7 Å². The maximum Gasteiger partial charge on any atom is 0.283 e. The lowest BCUT2D eigenvalue weighted by Gasteiger charge is -2.18. The fourth-order valence-electron chi connectivity index (χ4n) is 3.36. The second-order valence-electron chi connectivity index (χ2n) is 7.54. The third kappa shape index (κ3) is 4.49. The lowest BCUT2D eigenvalue weighted by atomic mass is 10.1. The lowest BCUT2D eigenvalue weighted by molar-refractivity contribution is -0.120. The van der Waals surface area contributed by atoms with Crippen LogP contribution >= 0.6 is 23.2 Å². The highest BCUT2D eigenvalue weighted by atomic mass is 35.5. The van der Waals surface area contributed by atoms with Crippen LogP contribution in [0, 0.1) is 13.8 Å². The molecule has 6 nitrogen and oxygen atoms in total. The number of amides is 3. The van der Waals surface area contributed by atoms with Crippen molar-refractivity contribution in [2.45, 2.75) is 13.8 Å². The van der Waals surface area contributed by atoms with Crippen LogP contribution in [0.5, 0.6) is 0 Å². The van der Waals surface area contributed by atoms with E-state index in [1.54, 1.807) is 49.4 Å². The minimum atomic E-state index is -0.636. The molecule has 33 heavy (non-hydrogen) atoms. The third-order valence-electron chi connectivity index (χ3n) is 5.23. The molecule has 0 aromatic heterocycles. The van der Waals surface area contributed by atoms with Crippen LogP contribution in [0.2, 0.25) is 5.02 Å². The van der Waals surface area contributed by atoms with Gasteiger partial charge in [0.1, 0.15) is 10.7 Å². The van der Waals surface area contributed by atoms with Gasteiger partial charge in [-0.1, -0.05) is 47.0 Å². The Morgan fingerprint density at radius 3 is 2.12 bits per heavy atom. The molecule has 166 valence electrons. The van der Waals surface area contributed by atoms with Crippen LogP contribution in [0.1, 0.15) is 21.5 Å². The van der Waals surface area contributed by atoms with E-state index in [4.69, 9.17) is 23.2 Å². The summed E-state index contributed by atoms with van der Waals surface area (Å²) in [6, 6.07) is 18.9. The highest BCUT2D eigenvalue weighted by Crippen LogP contribution is 2.34. The normalized spacial score (nSPS) is 13.5. The Hall–Kier alpha value is -3.61. The zero-order chi connectivity index (χ0) is 23.7. The Morgan fingerprint density at radius 2 is 1.45 bits per heavy atom. The molecule has 0 atom stereocenters. The van der Waals surface area contributed by atoms with Gasteiger partial charge >= 0.3 is 0 Å². The van der Waals surface area contributed by atoms with E-state index in [9.17, 15) is 14.4 Å². The van der Waals surface area contributed by atoms with Crippen molar-refractivity contribution in [1.82, 2.24) is 0 Å². The van der Waals surface area contributed by atoms with Gasteiger partial charge in [0, 0.05) is 22.0 Å². The zero-order valence-corrected chi connectivity index (χ0v) is 19.3. The van der Waals surface area contributed by atoms with Gasteiger partial charge in [-0.3, -0.25) is 14.4 Å². The molecule has 3 aromatic rings. The van der Waals surface area contributed by atoms with E-state index in [-0.39, 0.29) is 16.6 Å². The predicted octanol–water partition coefficient (Wildman–Crippen LogP) is 5.64. The fourth-order valence-corrected chi connectivity index (χ4v) is 3.74. The second-order valence-corrected chi connectivity index (χ2v) is 8.33. The van der Waals surface area contributed by atoms with Crippen molar-refractivity contribution in [1.29, 1.82) is 0 Å². The number of nitrogens with one attached hydrogen (secondary N) is 2. The van der Waals surface area contributed by atoms with Gasteiger partial charge in [-0.2, -0.15) is 0 Å². The van der Waals surface area contributed by atoms with E-state index in [1.807, 2.05) is 31.2 Å². The van der Waals surface area contributed by atoms with E-state index in [1.165, 1.54) is 0 Å². The van der Waals surface area contributed by atoms with Crippen LogP contribution in [-0.4, -0.2) is 17.7 Å². The first-order chi connectivity index (χ1) is 15.8. The average Bonchev–Trinajstić information content (AvgIpc) is 3.01. The van der Waals surface area contributed by atoms with Crippen molar-refractivity contribution < 1.29 is 14.4 Å². The zero-order valence-electron chi connectivity index (χ0n) is 17.8. The Balaban J connectivity index is 1.50. The van der Waals surface area contributed by atoms with Crippen molar-refractivity contribution in [3.63, 3.8) is 0 Å². The number of imide groups is 1. The summed E-state index contributed by atoms with van der Waals surface area (Å²) in [6.45, 7) is 3.69. The SMILES string of the molecule is Cc1ccc(NC(=O)c2ccc(NC3=C(Cl)C(=O)N(c4cccc(Cl)c4C)C3=O)cc2)cc1. The standard InChI is InChI=1S/C25H19Cl2N3O3/c1-14-6-10-18(11-7-14)29-23(31)16-8-12-17(13-9-16)28-22-21(27)24(32)30(25(22)33)20-5-3-4-19(26)15(20)2/h3-13,28H,1-2H3,(H,29,31). The van der Waals surface area contributed by atoms with Crippen molar-refractivity contribution in [2.24, 2.45) is 0 Å². The summed E-state index contributed by atoms with van der Waals surface area (Å²) in [7, 11) is 0. The van der Waals surface area contributed by atoms with Crippen LogP contribution in [0.3, 0.4) is 0 Å². The fraction of sp³-hybridized carbons (Fsp3) is 0.0800. The van der Waals surface area contributed by atoms with Crippen molar-refractivity contribution in [3.05, 3.63) is 99.2 Å². The molecule has 0 radical (unpaired) electrons. The number of hydrogen-bond donors (Lipinski definition) is 2. The molecule has 0 saturated heterocycles. The van der Waals surface area contributed by atoms with Crippen LogP contribution in [0.15, 0.2) is 77.5 Å². The molecule has 3 aromatic carbocycles. The van der Waals surface area contributed by atoms with Gasteiger partial charge in [-0.05, 0) is 67.9 Å². The summed E-state index contributed by atoms with van der Waals surface area (Å²) in [5, 5.41) is 5.94. The Kier molecular flexibility index (Phi) is 6.22. The van der Waals surface area contributed by atoms with Crippen molar-refractivity contribution >= 4 is 58.0 Å². The Bertz CT molecular complexity index is 1300. The van der Waals surface area contributed by atoms with Gasteiger partial charge in [-0.15, -0.1) is 0 Å². The molecule has 2 N–H and O–H groups in total. The number of rotatable bonds is 5. The minimum Gasteiger partial charge on any atom is -0.350 e. The molecule has 1 heterocycles. The van der Waals surface area contributed by atoms with Crippen LogP contribution < -0.4 is 15.5 Å². The Morgan fingerprint density at radius 1 is 0.818 bits per heavy atom. The predicted molar refractivity (Wildman–Crippen MR) is 131 cm³/mol. The Labute approximate surface area is 200 Å². The van der Waals surface area contributed by atoms with E-state index >= 15 is 0 Å². The summed E-state index contributed by atoms with van der Waals surface area (Å²) >= 11 is 12.3. The maximum absolute atomic E-state index is 13.0. The number of carbonyl (C=O) groups is 3. The van der Waals surface area contributed by atoms with Crippen LogP contribution in [0.25, 0.3) is 0 Å². The lowest BCUT2D eigenvalue weighted by Crippen LogP contribution is -2.32. The van der Waals surface area contributed by atoms with Crippen molar-refractivity contribution in [3.8, 4) is 0 Å². The number of carbonyl (C=O) groups excluding carboxylic acids is 3. The van der Waals surface area contributed by atoms with E-state index < -0.39 is 11.8 Å². The van der Waals surface area contributed by atoms with E-state index in [0.717, 1.165) is 10.5 Å². The molecule has 0 unspecified atom stereocenters. The van der Waals surface area contributed by atoms with E-state index in [0.29, 0.717) is 33.2 Å². The molecule has 0 bridgehead atoms. The number of nitrogens with zero attached hydrogens (tertiary/aromatic N) is 1. The second kappa shape index (κ2) is 9.10. The molecule has 4 rings (SSSR count). The number of halogens is 2. The largest absolute Gasteiger partial charge is 0.350 e. The summed E-state index contributed by atoms with van der Waals surface area (Å²) in [4.78, 5) is 39.2. The monoisotopic (exact) mass is 479 g/mol. The summed E-state index contributed by atoms with van der Waals surface area (Å²) in [5.41, 5.74) is 3.65. The molecule has 3 amide bonds. The highest BCUT2D eigenvalue weighted by Gasteiger charge is 2.39. The van der Waals surface area contributed by atoms with Crippen LogP contribution in [-0.2, 0) is 9.59 Å². The number of hydrogen-bond acceptors (Lipinski definition) is 4. The van der Waals surface area contributed by atoms with Gasteiger partial charge < -0.3 is 10.6 Å². The van der Waals surface area contributed by atoms with E-state index in [2.05, 4.69) is 10.6 Å². The van der Waals surface area contributed by atoms with Gasteiger partial charge in [0.2, 0.25) is 0 Å². The smallest absolute Gasteiger partial charge is 0.283 e. The van der Waals surface area contributed by atoms with Crippen LogP contribution in [0.4, 0.5) is 17.1 Å². The molecule has 0 aliphatic carbocycles. The summed E-state index contributed by atoms with van der Waals surface area (Å²) in [6.07, 6.45) is 0. The first kappa shape index (κ1) is 22.6. The molecule has 1 aliphatic heterocycles.